The Hall–Kier alpha value is -17.6. The Morgan fingerprint density at radius 3 is 1.28 bits per heavy atom. The first-order valence-corrected chi connectivity index (χ1v) is 44.8. The van der Waals surface area contributed by atoms with Crippen molar-refractivity contribution in [1.82, 2.24) is 106 Å². The minimum Gasteiger partial charge on any atom is -0.423 e. The van der Waals surface area contributed by atoms with Gasteiger partial charge in [0.15, 0.2) is 51.6 Å². The first-order chi connectivity index (χ1) is 67.3. The van der Waals surface area contributed by atoms with Crippen molar-refractivity contribution in [2.24, 2.45) is 0 Å². The highest BCUT2D eigenvalue weighted by atomic mass is 16.4. The second-order valence-corrected chi connectivity index (χ2v) is 32.6. The number of oxazole rings is 1. The molecule has 8 aromatic heterocycles. The normalized spacial score (nSPS) is 14.0. The van der Waals surface area contributed by atoms with Gasteiger partial charge in [0.2, 0.25) is 5.95 Å². The smallest absolute Gasteiger partial charge is 0.302 e. The van der Waals surface area contributed by atoms with E-state index in [2.05, 4.69) is 113 Å². The molecule has 20 rings (SSSR count). The number of amides is 8. The molecular weight excluding hydrogens is 1750 g/mol. The average Bonchev–Trinajstić information content (AvgIpc) is 0.921. The molecule has 138 heavy (non-hydrogen) atoms. The van der Waals surface area contributed by atoms with Gasteiger partial charge in [0.25, 0.3) is 47.3 Å². The molecule has 0 unspecified atom stereocenters. The molecule has 39 heteroatoms. The third kappa shape index (κ3) is 22.2. The van der Waals surface area contributed by atoms with Gasteiger partial charge in [0.1, 0.15) is 11.3 Å². The second kappa shape index (κ2) is 42.9. The van der Waals surface area contributed by atoms with Crippen LogP contribution in [0.15, 0.2) is 230 Å². The SMILES string of the molecule is N#Cc1cc(C(=O)N2CCCNCC2)ccc1-c1cnc(N)c(C(=O)Nc2nc3ccccc3[nH]2)n1.Nc1ncc(-c2ccc(C(=O)N3CCCNCC3)cc2)nc1C(=O)Nc1cc2ccccc2[nH]1.Nc1ncc(-c2ccc(C(=O)N3CCCNCC3)cc2)nc1C(=O)Nc1ccc2cc[nH]c2c1.Nc1ncc(-c2ccc(C(=O)N3CCCNCC3)cc2)nc1C(=O)Nc1nc2ccccc2o1. The van der Waals surface area contributed by atoms with E-state index in [4.69, 9.17) is 27.4 Å². The monoisotopic (exact) mass is 1850 g/mol. The van der Waals surface area contributed by atoms with Crippen LogP contribution in [0, 0.1) is 11.3 Å². The van der Waals surface area contributed by atoms with Crippen LogP contribution in [-0.4, -0.2) is 236 Å². The molecule has 4 saturated heterocycles. The average molecular weight is 1850 g/mol. The summed E-state index contributed by atoms with van der Waals surface area (Å²) in [5, 5.41) is 35.8. The first-order valence-electron chi connectivity index (χ1n) is 44.8. The molecule has 0 saturated carbocycles. The zero-order valence-corrected chi connectivity index (χ0v) is 74.7. The summed E-state index contributed by atoms with van der Waals surface area (Å²) in [6.45, 7) is 12.3. The maximum absolute atomic E-state index is 13.0. The fourth-order valence-electron chi connectivity index (χ4n) is 16.0. The zero-order valence-electron chi connectivity index (χ0n) is 74.7. The number of carbonyl (C=O) groups excluding carboxylic acids is 8. The van der Waals surface area contributed by atoms with Crippen LogP contribution in [0.3, 0.4) is 0 Å². The predicted molar refractivity (Wildman–Crippen MR) is 524 cm³/mol. The molecular formula is C99H96N30O9. The minimum absolute atomic E-state index is 0.00274. The molecule has 16 aromatic rings. The van der Waals surface area contributed by atoms with E-state index in [9.17, 15) is 43.6 Å². The lowest BCUT2D eigenvalue weighted by atomic mass is 10.0. The molecule has 0 aliphatic carbocycles. The number of nitriles is 1. The van der Waals surface area contributed by atoms with Crippen molar-refractivity contribution in [2.45, 2.75) is 25.7 Å². The van der Waals surface area contributed by atoms with Crippen molar-refractivity contribution in [3.8, 4) is 51.1 Å². The number of aromatic nitrogens is 13. The van der Waals surface area contributed by atoms with Crippen LogP contribution in [0.1, 0.15) is 115 Å². The molecule has 4 fully saturated rings. The molecule has 8 aromatic carbocycles. The van der Waals surface area contributed by atoms with Crippen molar-refractivity contribution >= 4 is 138 Å². The van der Waals surface area contributed by atoms with E-state index in [0.29, 0.717) is 111 Å². The van der Waals surface area contributed by atoms with Gasteiger partial charge in [0, 0.05) is 151 Å². The van der Waals surface area contributed by atoms with Crippen LogP contribution in [0.25, 0.3) is 89.0 Å². The number of aromatic amines is 3. The highest BCUT2D eigenvalue weighted by Gasteiger charge is 2.28. The molecule has 12 heterocycles. The Morgan fingerprint density at radius 2 is 0.790 bits per heavy atom. The van der Waals surface area contributed by atoms with Crippen LogP contribution in [0.5, 0.6) is 0 Å². The molecule has 0 bridgehead atoms. The molecule has 39 nitrogen and oxygen atoms in total. The number of fused-ring (bicyclic) bond motifs is 4. The van der Waals surface area contributed by atoms with Crippen molar-refractivity contribution in [3.05, 3.63) is 276 Å². The van der Waals surface area contributed by atoms with E-state index in [1.807, 2.05) is 136 Å². The summed E-state index contributed by atoms with van der Waals surface area (Å²) in [5.74, 6) is -1.39. The lowest BCUT2D eigenvalue weighted by Crippen LogP contribution is -2.34. The Balaban J connectivity index is 0.000000127. The van der Waals surface area contributed by atoms with Crippen LogP contribution in [0.2, 0.25) is 0 Å². The number of nitrogen functional groups attached to an aromatic ring is 4. The highest BCUT2D eigenvalue weighted by molar-refractivity contribution is 6.10. The Morgan fingerprint density at radius 1 is 0.362 bits per heavy atom. The van der Waals surface area contributed by atoms with Crippen molar-refractivity contribution in [2.75, 3.05) is 149 Å². The number of H-pyrrole nitrogens is 3. The summed E-state index contributed by atoms with van der Waals surface area (Å²) in [4.78, 5) is 162. The van der Waals surface area contributed by atoms with E-state index in [1.165, 1.54) is 24.8 Å². The molecule has 0 atom stereocenters. The number of imidazole rings is 1. The number of para-hydroxylation sites is 5. The zero-order chi connectivity index (χ0) is 95.5. The van der Waals surface area contributed by atoms with E-state index >= 15 is 0 Å². The summed E-state index contributed by atoms with van der Waals surface area (Å²) in [6, 6.07) is 60.1. The van der Waals surface area contributed by atoms with E-state index in [1.54, 1.807) is 83.8 Å². The number of hydrogen-bond acceptors (Lipinski definition) is 28. The number of nitrogens with one attached hydrogen (secondary N) is 11. The van der Waals surface area contributed by atoms with E-state index < -0.39 is 23.6 Å². The van der Waals surface area contributed by atoms with Gasteiger partial charge in [-0.15, -0.1) is 0 Å². The maximum Gasteiger partial charge on any atom is 0.302 e. The third-order valence-corrected chi connectivity index (χ3v) is 23.2. The highest BCUT2D eigenvalue weighted by Crippen LogP contribution is 2.31. The van der Waals surface area contributed by atoms with Crippen LogP contribution < -0.4 is 65.5 Å². The fourth-order valence-corrected chi connectivity index (χ4v) is 16.0. The first kappa shape index (κ1) is 92.2. The largest absolute Gasteiger partial charge is 0.423 e. The van der Waals surface area contributed by atoms with Crippen LogP contribution in [0.4, 0.5) is 46.7 Å². The number of anilines is 8. The maximum atomic E-state index is 13.0. The molecule has 8 amide bonds. The third-order valence-electron chi connectivity index (χ3n) is 23.2. The van der Waals surface area contributed by atoms with Crippen molar-refractivity contribution in [3.63, 3.8) is 0 Å². The van der Waals surface area contributed by atoms with Crippen LogP contribution >= 0.6 is 0 Å². The van der Waals surface area contributed by atoms with Gasteiger partial charge in [-0.2, -0.15) is 10.2 Å². The topological polar surface area (TPSA) is 563 Å². The molecule has 4 aliphatic heterocycles. The van der Waals surface area contributed by atoms with Crippen LogP contribution in [-0.2, 0) is 0 Å². The van der Waals surface area contributed by atoms with Gasteiger partial charge in [-0.25, -0.2) is 44.9 Å². The number of hydrogen-bond donors (Lipinski definition) is 15. The van der Waals surface area contributed by atoms with E-state index in [0.717, 1.165) is 136 Å². The molecule has 19 N–H and O–H groups in total. The summed E-state index contributed by atoms with van der Waals surface area (Å²) < 4.78 is 5.54. The minimum atomic E-state index is -0.596. The number of carbonyl (C=O) groups is 8. The number of benzene rings is 8. The van der Waals surface area contributed by atoms with Gasteiger partial charge in [-0.1, -0.05) is 91.0 Å². The van der Waals surface area contributed by atoms with Gasteiger partial charge >= 0.3 is 6.01 Å². The van der Waals surface area contributed by atoms with Crippen molar-refractivity contribution < 1.29 is 42.8 Å². The Bertz CT molecular complexity index is 6730. The lowest BCUT2D eigenvalue weighted by Gasteiger charge is -2.20. The molecule has 0 radical (unpaired) electrons. The number of nitrogens with two attached hydrogens (primary N) is 4. The number of nitrogens with zero attached hydrogens (tertiary/aromatic N) is 15. The Labute approximate surface area is 788 Å². The van der Waals surface area contributed by atoms with Crippen molar-refractivity contribution in [1.29, 1.82) is 5.26 Å². The van der Waals surface area contributed by atoms with Gasteiger partial charge in [-0.3, -0.25) is 49.0 Å². The quantitative estimate of drug-likeness (QED) is 0.0427. The summed E-state index contributed by atoms with van der Waals surface area (Å²) in [7, 11) is 0. The molecule has 4 aliphatic rings. The summed E-state index contributed by atoms with van der Waals surface area (Å²) in [6.07, 6.45) is 11.4. The standard InChI is InChI=1S/C25H23N9O2.2C25H25N7O2.C24H23N7O3/c26-13-16-12-15(24(36)34-10-3-8-28-9-11-34)6-7-17(16)20-14-29-22(27)21(30-20)23(35)33-25-31-18-4-1-2-5-19(18)32-25;26-23-22(24(33)30-19-7-6-17-8-10-28-20(17)14-19)31-21(15-29-23)16-2-4-18(5-3-16)25(34)32-12-1-9-27-11-13-32;26-23-22(24(33)31-21-14-18-4-1-2-5-19(18)29-21)30-20(15-28-23)16-6-8-17(9-7-16)25(34)32-12-3-10-27-11-13-32;25-21-20(22(32)30-24-29-17-4-1-2-5-19(17)34-24)28-18(14-27-21)15-6-8-16(9-7-15)23(33)31-12-3-10-26-11-13-31/h1-2,4-7,12,14,28H,3,8-11H2,(H2,27,29)(H2,31,32,33,35);2-8,10,14-15,27-28H,1,9,11-13H2,(H2,26,29)(H,30,33);1-2,4-9,14-15,27,29H,3,10-13H2,(H2,26,28)(H,31,33);1-2,4-9,14,26H,3,10-13H2,(H2,25,27)(H,29,30,32). The molecule has 0 spiro atoms. The number of rotatable bonds is 16. The predicted octanol–water partition coefficient (Wildman–Crippen LogP) is 10.5. The lowest BCUT2D eigenvalue weighted by molar-refractivity contribution is 0.0759. The summed E-state index contributed by atoms with van der Waals surface area (Å²) in [5.41, 5.74) is 35.7. The Kier molecular flexibility index (Phi) is 28.7. The summed E-state index contributed by atoms with van der Waals surface area (Å²) >= 11 is 0. The fraction of sp³-hybridized carbons (Fsp3) is 0.202. The van der Waals surface area contributed by atoms with E-state index in [-0.39, 0.29) is 92.9 Å². The van der Waals surface area contributed by atoms with Gasteiger partial charge < -0.3 is 93.8 Å². The second-order valence-electron chi connectivity index (χ2n) is 32.6. The van der Waals surface area contributed by atoms with Gasteiger partial charge in [0.05, 0.1) is 70.2 Å². The molecule has 696 valence electrons. The van der Waals surface area contributed by atoms with Gasteiger partial charge in [-0.05, 0) is 160 Å².